The van der Waals surface area contributed by atoms with Crippen molar-refractivity contribution in [3.05, 3.63) is 23.8 Å². The molecule has 0 heterocycles. The zero-order chi connectivity index (χ0) is 15.6. The summed E-state index contributed by atoms with van der Waals surface area (Å²) < 4.78 is 6.21. The lowest BCUT2D eigenvalue weighted by Gasteiger charge is -2.37. The van der Waals surface area contributed by atoms with Crippen LogP contribution in [0.1, 0.15) is 38.1 Å². The van der Waals surface area contributed by atoms with Gasteiger partial charge >= 0.3 is 0 Å². The summed E-state index contributed by atoms with van der Waals surface area (Å²) in [5, 5.41) is 2.78. The van der Waals surface area contributed by atoms with Crippen LogP contribution >= 0.6 is 0 Å². The Morgan fingerprint density at radius 1 is 1.30 bits per heavy atom. The maximum Gasteiger partial charge on any atom is 0.250 e. The summed E-state index contributed by atoms with van der Waals surface area (Å²) in [6.45, 7) is 12.1. The number of aldehydes is 1. The molecule has 1 aromatic carbocycles. The van der Waals surface area contributed by atoms with Crippen molar-refractivity contribution in [2.24, 2.45) is 0 Å². The molecule has 0 bridgehead atoms. The molecule has 1 aromatic rings. The van der Waals surface area contributed by atoms with E-state index in [1.807, 2.05) is 0 Å². The Balaban J connectivity index is 3.20. The molecule has 0 saturated heterocycles. The Bertz CT molecular complexity index is 518. The van der Waals surface area contributed by atoms with Gasteiger partial charge < -0.3 is 9.74 Å². The summed E-state index contributed by atoms with van der Waals surface area (Å²) >= 11 is 0. The molecule has 0 spiro atoms. The Labute approximate surface area is 121 Å². The van der Waals surface area contributed by atoms with Crippen LogP contribution in [0.5, 0.6) is 5.75 Å². The largest absolute Gasteiger partial charge is 0.542 e. The minimum absolute atomic E-state index is 0.0394. The van der Waals surface area contributed by atoms with Crippen LogP contribution in [0.3, 0.4) is 0 Å². The number of amides is 1. The predicted octanol–water partition coefficient (Wildman–Crippen LogP) is 3.84. The quantitative estimate of drug-likeness (QED) is 0.678. The number of hydrogen-bond donors (Lipinski definition) is 1. The first-order valence-corrected chi connectivity index (χ1v) is 9.53. The lowest BCUT2D eigenvalue weighted by molar-refractivity contribution is -0.114. The molecule has 0 fully saturated rings. The average molecular weight is 293 g/mol. The number of benzene rings is 1. The highest BCUT2D eigenvalue weighted by Crippen LogP contribution is 2.39. The summed E-state index contributed by atoms with van der Waals surface area (Å²) in [7, 11) is -2.03. The van der Waals surface area contributed by atoms with Crippen LogP contribution < -0.4 is 9.74 Å². The highest BCUT2D eigenvalue weighted by molar-refractivity contribution is 6.74. The molecule has 20 heavy (non-hydrogen) atoms. The minimum Gasteiger partial charge on any atom is -0.542 e. The Morgan fingerprint density at radius 3 is 2.35 bits per heavy atom. The average Bonchev–Trinajstić information content (AvgIpc) is 2.29. The molecule has 4 nitrogen and oxygen atoms in total. The third-order valence-electron chi connectivity index (χ3n) is 3.62. The summed E-state index contributed by atoms with van der Waals surface area (Å²) in [4.78, 5) is 22.2. The molecule has 5 heteroatoms. The lowest BCUT2D eigenvalue weighted by atomic mass is 10.2. The molecule has 0 aliphatic carbocycles. The van der Waals surface area contributed by atoms with Crippen molar-refractivity contribution in [3.63, 3.8) is 0 Å². The maximum atomic E-state index is 11.3. The molecular weight excluding hydrogens is 270 g/mol. The number of carbonyl (C=O) groups excluding carboxylic acids is 2. The normalized spacial score (nSPS) is 11.9. The van der Waals surface area contributed by atoms with Crippen LogP contribution in [0, 0.1) is 0 Å². The van der Waals surface area contributed by atoms with Crippen molar-refractivity contribution >= 4 is 26.2 Å². The summed E-state index contributed by atoms with van der Waals surface area (Å²) in [5.74, 6) is 0.403. The van der Waals surface area contributed by atoms with Gasteiger partial charge in [-0.05, 0) is 36.3 Å². The monoisotopic (exact) mass is 293 g/mol. The number of rotatable bonds is 4. The fourth-order valence-electron chi connectivity index (χ4n) is 1.42. The van der Waals surface area contributed by atoms with E-state index in [9.17, 15) is 9.59 Å². The third kappa shape index (κ3) is 3.93. The maximum absolute atomic E-state index is 11.3. The van der Waals surface area contributed by atoms with Crippen LogP contribution in [-0.2, 0) is 4.79 Å². The van der Waals surface area contributed by atoms with Gasteiger partial charge in [-0.1, -0.05) is 20.8 Å². The van der Waals surface area contributed by atoms with Gasteiger partial charge in [-0.15, -0.1) is 0 Å². The van der Waals surface area contributed by atoms with Gasteiger partial charge in [0.15, 0.2) is 0 Å². The number of anilines is 1. The third-order valence-corrected chi connectivity index (χ3v) is 7.97. The molecular formula is C15H23NO3Si. The standard InChI is InChI=1S/C15H23NO3Si/c1-11(18)16-13-8-7-12(10-17)9-14(13)19-20(5,6)15(2,3)4/h7-10H,1-6H3,(H,16,18). The number of carbonyl (C=O) groups is 2. The number of hydrogen-bond acceptors (Lipinski definition) is 3. The molecule has 0 aliphatic rings. The Kier molecular flexibility index (Phi) is 4.75. The second-order valence-electron chi connectivity index (χ2n) is 6.42. The molecule has 1 rings (SSSR count). The van der Waals surface area contributed by atoms with Crippen LogP contribution in [0.15, 0.2) is 18.2 Å². The first-order chi connectivity index (χ1) is 9.06. The van der Waals surface area contributed by atoms with Gasteiger partial charge in [0.2, 0.25) is 5.91 Å². The molecule has 1 N–H and O–H groups in total. The van der Waals surface area contributed by atoms with E-state index in [0.29, 0.717) is 17.0 Å². The lowest BCUT2D eigenvalue weighted by Crippen LogP contribution is -2.44. The molecule has 0 radical (unpaired) electrons. The van der Waals surface area contributed by atoms with E-state index < -0.39 is 8.32 Å². The fraction of sp³-hybridized carbons (Fsp3) is 0.467. The molecule has 0 saturated carbocycles. The van der Waals surface area contributed by atoms with Crippen LogP contribution in [-0.4, -0.2) is 20.5 Å². The molecule has 110 valence electrons. The predicted molar refractivity (Wildman–Crippen MR) is 84.0 cm³/mol. The zero-order valence-corrected chi connectivity index (χ0v) is 14.0. The number of nitrogens with one attached hydrogen (secondary N) is 1. The Hall–Kier alpha value is -1.62. The van der Waals surface area contributed by atoms with Crippen molar-refractivity contribution in [3.8, 4) is 5.75 Å². The van der Waals surface area contributed by atoms with Crippen LogP contribution in [0.4, 0.5) is 5.69 Å². The topological polar surface area (TPSA) is 55.4 Å². The van der Waals surface area contributed by atoms with Crippen molar-refractivity contribution in [1.82, 2.24) is 0 Å². The van der Waals surface area contributed by atoms with Crippen molar-refractivity contribution < 1.29 is 14.0 Å². The summed E-state index contributed by atoms with van der Waals surface area (Å²) in [5.41, 5.74) is 1.14. The van der Waals surface area contributed by atoms with E-state index in [0.717, 1.165) is 6.29 Å². The molecule has 0 unspecified atom stereocenters. The minimum atomic E-state index is -2.03. The first kappa shape index (κ1) is 16.4. The second kappa shape index (κ2) is 5.79. The molecule has 0 aliphatic heterocycles. The van der Waals surface area contributed by atoms with E-state index in [1.54, 1.807) is 18.2 Å². The van der Waals surface area contributed by atoms with Gasteiger partial charge in [-0.25, -0.2) is 0 Å². The molecule has 0 aromatic heterocycles. The summed E-state index contributed by atoms with van der Waals surface area (Å²) in [6.07, 6.45) is 0.774. The van der Waals surface area contributed by atoms with E-state index in [1.165, 1.54) is 6.92 Å². The fourth-order valence-corrected chi connectivity index (χ4v) is 2.44. The molecule has 1 amide bonds. The van der Waals surface area contributed by atoms with Gasteiger partial charge in [0.25, 0.3) is 8.32 Å². The summed E-state index contributed by atoms with van der Waals surface area (Å²) in [6, 6.07) is 5.04. The molecule has 0 atom stereocenters. The van der Waals surface area contributed by atoms with Gasteiger partial charge in [0, 0.05) is 12.5 Å². The van der Waals surface area contributed by atoms with Crippen LogP contribution in [0.2, 0.25) is 18.1 Å². The van der Waals surface area contributed by atoms with E-state index >= 15 is 0 Å². The highest BCUT2D eigenvalue weighted by Gasteiger charge is 2.39. The van der Waals surface area contributed by atoms with Crippen molar-refractivity contribution in [1.29, 1.82) is 0 Å². The zero-order valence-electron chi connectivity index (χ0n) is 13.0. The highest BCUT2D eigenvalue weighted by atomic mass is 28.4. The van der Waals surface area contributed by atoms with Gasteiger partial charge in [0.05, 0.1) is 5.69 Å². The van der Waals surface area contributed by atoms with Crippen LogP contribution in [0.25, 0.3) is 0 Å². The van der Waals surface area contributed by atoms with E-state index in [4.69, 9.17) is 4.43 Å². The van der Waals surface area contributed by atoms with Crippen molar-refractivity contribution in [2.45, 2.75) is 45.8 Å². The second-order valence-corrected chi connectivity index (χ2v) is 11.1. The van der Waals surface area contributed by atoms with E-state index in [-0.39, 0.29) is 10.9 Å². The van der Waals surface area contributed by atoms with Gasteiger partial charge in [-0.2, -0.15) is 0 Å². The SMILES string of the molecule is CC(=O)Nc1ccc(C=O)cc1O[Si](C)(C)C(C)(C)C. The smallest absolute Gasteiger partial charge is 0.250 e. The Morgan fingerprint density at radius 2 is 1.90 bits per heavy atom. The van der Waals surface area contributed by atoms with E-state index in [2.05, 4.69) is 39.2 Å². The van der Waals surface area contributed by atoms with Gasteiger partial charge in [-0.3, -0.25) is 9.59 Å². The van der Waals surface area contributed by atoms with Crippen molar-refractivity contribution in [2.75, 3.05) is 5.32 Å². The van der Waals surface area contributed by atoms with Gasteiger partial charge in [0.1, 0.15) is 12.0 Å². The first-order valence-electron chi connectivity index (χ1n) is 6.62.